The number of amides is 2. The van der Waals surface area contributed by atoms with E-state index in [0.717, 1.165) is 27.3 Å². The van der Waals surface area contributed by atoms with Crippen molar-refractivity contribution in [3.05, 3.63) is 110 Å². The minimum absolute atomic E-state index is 0.213. The van der Waals surface area contributed by atoms with Gasteiger partial charge in [0.25, 0.3) is 0 Å². The van der Waals surface area contributed by atoms with Crippen LogP contribution in [0.25, 0.3) is 0 Å². The maximum absolute atomic E-state index is 13.8. The Labute approximate surface area is 219 Å². The first kappa shape index (κ1) is 23.1. The van der Waals surface area contributed by atoms with E-state index in [9.17, 15) is 14.4 Å². The van der Waals surface area contributed by atoms with E-state index < -0.39 is 17.1 Å². The number of nitrogens with zero attached hydrogens (tertiary/aromatic N) is 1. The highest BCUT2D eigenvalue weighted by Crippen LogP contribution is 2.54. The average Bonchev–Trinajstić information content (AvgIpc) is 3.38. The van der Waals surface area contributed by atoms with Crippen LogP contribution in [0.4, 0.5) is 5.69 Å². The van der Waals surface area contributed by atoms with Crippen molar-refractivity contribution in [1.82, 2.24) is 4.98 Å². The fourth-order valence-electron chi connectivity index (χ4n) is 4.84. The lowest BCUT2D eigenvalue weighted by Crippen LogP contribution is -2.32. The van der Waals surface area contributed by atoms with Gasteiger partial charge in [0, 0.05) is 21.4 Å². The van der Waals surface area contributed by atoms with Gasteiger partial charge >= 0.3 is 4.87 Å². The molecule has 180 valence electrons. The van der Waals surface area contributed by atoms with Crippen LogP contribution in [0.5, 0.6) is 5.75 Å². The van der Waals surface area contributed by atoms with Crippen molar-refractivity contribution in [2.75, 3.05) is 4.90 Å². The smallest absolute Gasteiger partial charge is 0.305 e. The quantitative estimate of drug-likeness (QED) is 0.344. The molecule has 0 bridgehead atoms. The molecule has 0 aliphatic carbocycles. The number of rotatable bonds is 5. The molecule has 0 saturated carbocycles. The van der Waals surface area contributed by atoms with Crippen molar-refractivity contribution in [3.8, 4) is 5.75 Å². The van der Waals surface area contributed by atoms with Crippen LogP contribution in [0.3, 0.4) is 0 Å². The third-order valence-corrected chi connectivity index (χ3v) is 9.01. The van der Waals surface area contributed by atoms with E-state index in [1.54, 1.807) is 30.3 Å². The van der Waals surface area contributed by atoms with Crippen molar-refractivity contribution >= 4 is 52.2 Å². The Bertz CT molecular complexity index is 1530. The zero-order valence-corrected chi connectivity index (χ0v) is 21.1. The topological polar surface area (TPSA) is 79.5 Å². The van der Waals surface area contributed by atoms with Crippen LogP contribution in [0.1, 0.15) is 21.9 Å². The summed E-state index contributed by atoms with van der Waals surface area (Å²) in [7, 11) is 0. The summed E-state index contributed by atoms with van der Waals surface area (Å²) in [6.07, 6.45) is 0. The lowest BCUT2D eigenvalue weighted by Gasteiger charge is -2.30. The van der Waals surface area contributed by atoms with E-state index in [2.05, 4.69) is 4.98 Å². The number of nitrogens with one attached hydrogen (secondary N) is 1. The van der Waals surface area contributed by atoms with E-state index in [1.807, 2.05) is 48.5 Å². The summed E-state index contributed by atoms with van der Waals surface area (Å²) in [6.45, 7) is 0.284. The summed E-state index contributed by atoms with van der Waals surface area (Å²) in [6, 6.07) is 23.9. The van der Waals surface area contributed by atoms with Gasteiger partial charge < -0.3 is 9.72 Å². The van der Waals surface area contributed by atoms with Gasteiger partial charge in [0.15, 0.2) is 0 Å². The number of halogens is 1. The Morgan fingerprint density at radius 3 is 2.50 bits per heavy atom. The van der Waals surface area contributed by atoms with Crippen LogP contribution in [0.15, 0.2) is 88.7 Å². The van der Waals surface area contributed by atoms with Gasteiger partial charge in [-0.25, -0.2) is 4.90 Å². The molecular formula is C27H19ClN2O4S2. The van der Waals surface area contributed by atoms with E-state index in [0.29, 0.717) is 21.5 Å². The van der Waals surface area contributed by atoms with Crippen LogP contribution < -0.4 is 14.5 Å². The summed E-state index contributed by atoms with van der Waals surface area (Å²) in [4.78, 5) is 44.4. The Hall–Kier alpha value is -3.33. The highest BCUT2D eigenvalue weighted by atomic mass is 35.5. The number of anilines is 1. The number of H-pyrrole nitrogens is 1. The van der Waals surface area contributed by atoms with Gasteiger partial charge in [-0.1, -0.05) is 83.2 Å². The number of imide groups is 1. The number of hydrogen-bond donors (Lipinski definition) is 1. The Balaban J connectivity index is 1.43. The second-order valence-electron chi connectivity index (χ2n) is 8.55. The molecule has 2 aliphatic heterocycles. The summed E-state index contributed by atoms with van der Waals surface area (Å²) >= 11 is 8.47. The lowest BCUT2D eigenvalue weighted by atomic mass is 9.82. The number of benzene rings is 3. The highest BCUT2D eigenvalue weighted by molar-refractivity contribution is 8.00. The maximum Gasteiger partial charge on any atom is 0.305 e. The first-order valence-corrected chi connectivity index (χ1v) is 13.4. The molecule has 9 heteroatoms. The van der Waals surface area contributed by atoms with E-state index in [1.165, 1.54) is 16.7 Å². The number of aromatic amines is 1. The van der Waals surface area contributed by atoms with Gasteiger partial charge in [0.05, 0.1) is 16.6 Å². The first-order valence-electron chi connectivity index (χ1n) is 11.3. The normalized spacial score (nSPS) is 20.8. The van der Waals surface area contributed by atoms with Crippen molar-refractivity contribution in [3.63, 3.8) is 0 Å². The molecule has 2 aliphatic rings. The zero-order valence-electron chi connectivity index (χ0n) is 18.7. The second-order valence-corrected chi connectivity index (χ2v) is 11.2. The molecular weight excluding hydrogens is 516 g/mol. The van der Waals surface area contributed by atoms with Crippen LogP contribution in [-0.4, -0.2) is 22.0 Å². The molecule has 1 saturated heterocycles. The molecule has 4 aromatic rings. The van der Waals surface area contributed by atoms with Gasteiger partial charge in [-0.2, -0.15) is 0 Å². The van der Waals surface area contributed by atoms with Gasteiger partial charge in [-0.3, -0.25) is 14.4 Å². The zero-order chi connectivity index (χ0) is 24.8. The summed E-state index contributed by atoms with van der Waals surface area (Å²) in [5.74, 6) is -1.13. The van der Waals surface area contributed by atoms with Crippen LogP contribution in [0.2, 0.25) is 5.02 Å². The SMILES string of the molecule is O=C1C2Sc3[nH]c(=O)sc3[C@H](c3ccccc3OCc3cccc(Cl)c3)C2C(=O)N1c1ccccc1. The lowest BCUT2D eigenvalue weighted by molar-refractivity contribution is -0.122. The predicted octanol–water partition coefficient (Wildman–Crippen LogP) is 5.46. The van der Waals surface area contributed by atoms with Crippen LogP contribution in [-0.2, 0) is 16.2 Å². The van der Waals surface area contributed by atoms with Gasteiger partial charge in [0.2, 0.25) is 11.8 Å². The van der Waals surface area contributed by atoms with E-state index >= 15 is 0 Å². The summed E-state index contributed by atoms with van der Waals surface area (Å²) in [5, 5.41) is 0.604. The second kappa shape index (κ2) is 9.28. The van der Waals surface area contributed by atoms with Crippen LogP contribution in [0, 0.1) is 5.92 Å². The fourth-order valence-corrected chi connectivity index (χ4v) is 7.56. The van der Waals surface area contributed by atoms with E-state index in [-0.39, 0.29) is 23.3 Å². The number of carbonyl (C=O) groups excluding carboxylic acids is 2. The van der Waals surface area contributed by atoms with Gasteiger partial charge in [-0.15, -0.1) is 0 Å². The van der Waals surface area contributed by atoms with Gasteiger partial charge in [-0.05, 0) is 35.9 Å². The minimum atomic E-state index is -0.669. The maximum atomic E-state index is 13.8. The van der Waals surface area contributed by atoms with Crippen LogP contribution >= 0.6 is 34.7 Å². The fraction of sp³-hybridized carbons (Fsp3) is 0.148. The van der Waals surface area contributed by atoms with E-state index in [4.69, 9.17) is 16.3 Å². The number of ether oxygens (including phenoxy) is 1. The highest BCUT2D eigenvalue weighted by Gasteiger charge is 2.56. The predicted molar refractivity (Wildman–Crippen MR) is 141 cm³/mol. The molecule has 0 spiro atoms. The molecule has 3 atom stereocenters. The van der Waals surface area contributed by atoms with Crippen molar-refractivity contribution in [2.24, 2.45) is 5.92 Å². The molecule has 36 heavy (non-hydrogen) atoms. The average molecular weight is 535 g/mol. The Kier molecular flexibility index (Phi) is 5.95. The van der Waals surface area contributed by atoms with Crippen molar-refractivity contribution in [1.29, 1.82) is 0 Å². The molecule has 1 fully saturated rings. The molecule has 0 radical (unpaired) electrons. The number of hydrogen-bond acceptors (Lipinski definition) is 6. The molecule has 2 unspecified atom stereocenters. The monoisotopic (exact) mass is 534 g/mol. The third kappa shape index (κ3) is 3.95. The summed E-state index contributed by atoms with van der Waals surface area (Å²) in [5.41, 5.74) is 2.22. The first-order chi connectivity index (χ1) is 17.5. The molecule has 3 heterocycles. The minimum Gasteiger partial charge on any atom is -0.489 e. The largest absolute Gasteiger partial charge is 0.489 e. The summed E-state index contributed by atoms with van der Waals surface area (Å²) < 4.78 is 6.22. The molecule has 6 rings (SSSR count). The molecule has 2 amide bonds. The third-order valence-electron chi connectivity index (χ3n) is 6.38. The number of aromatic nitrogens is 1. The Morgan fingerprint density at radius 2 is 1.69 bits per heavy atom. The number of fused-ring (bicyclic) bond motifs is 2. The number of thioether (sulfide) groups is 1. The molecule has 1 N–H and O–H groups in total. The van der Waals surface area contributed by atoms with Crippen molar-refractivity contribution in [2.45, 2.75) is 22.8 Å². The Morgan fingerprint density at radius 1 is 0.917 bits per heavy atom. The molecule has 3 aromatic carbocycles. The standard InChI is InChI=1S/C27H19ClN2O4S2/c28-16-8-6-7-15(13-16)14-34-19-12-5-4-11-18(19)20-21-23(35-24-22(20)36-27(33)29-24)26(32)30(25(21)31)17-9-2-1-3-10-17/h1-13,20-21,23H,14H2,(H,29,33)/t20-,21?,23?/m1/s1. The van der Waals surface area contributed by atoms with Gasteiger partial charge in [0.1, 0.15) is 17.6 Å². The number of para-hydroxylation sites is 2. The molecule has 1 aromatic heterocycles. The molecule has 6 nitrogen and oxygen atoms in total. The number of carbonyl (C=O) groups is 2. The number of thiazole rings is 1. The van der Waals surface area contributed by atoms with Crippen molar-refractivity contribution < 1.29 is 14.3 Å².